The lowest BCUT2D eigenvalue weighted by Crippen LogP contribution is -1.83. The highest BCUT2D eigenvalue weighted by atomic mass is 35.5. The monoisotopic (exact) mass is 180 g/mol. The maximum atomic E-state index is 5.53. The summed E-state index contributed by atoms with van der Waals surface area (Å²) in [6, 6.07) is 5.54. The molecule has 0 fully saturated rings. The van der Waals surface area contributed by atoms with Crippen molar-refractivity contribution in [3.63, 3.8) is 0 Å². The van der Waals surface area contributed by atoms with Crippen LogP contribution in [0, 0.1) is 0 Å². The lowest BCUT2D eigenvalue weighted by Gasteiger charge is -1.90. The van der Waals surface area contributed by atoms with Crippen LogP contribution in [0.4, 0.5) is 0 Å². The fraction of sp³-hybridized carbons (Fsp3) is 0. The standard InChI is InChI=1S/C7H5ClN4/c8-7-10-6(11-12-7)5-3-1-2-4-9-5/h1-4H,(H,10,11,12). The summed E-state index contributed by atoms with van der Waals surface area (Å²) in [6.45, 7) is 0. The Labute approximate surface area is 73.6 Å². The predicted octanol–water partition coefficient (Wildman–Crippen LogP) is 1.52. The third-order valence-electron chi connectivity index (χ3n) is 1.37. The predicted molar refractivity (Wildman–Crippen MR) is 44.6 cm³/mol. The maximum absolute atomic E-state index is 5.53. The molecule has 4 nitrogen and oxygen atoms in total. The third kappa shape index (κ3) is 1.29. The quantitative estimate of drug-likeness (QED) is 0.724. The molecule has 0 bridgehead atoms. The van der Waals surface area contributed by atoms with Crippen LogP contribution in [0.25, 0.3) is 11.5 Å². The SMILES string of the molecule is Clc1n[nH]c(-c2ccccn2)n1. The smallest absolute Gasteiger partial charge is 0.242 e. The molecule has 2 aromatic rings. The number of halogens is 1. The van der Waals surface area contributed by atoms with E-state index in [0.717, 1.165) is 5.69 Å². The van der Waals surface area contributed by atoms with Crippen LogP contribution in [0.15, 0.2) is 24.4 Å². The van der Waals surface area contributed by atoms with E-state index in [1.165, 1.54) is 0 Å². The zero-order valence-corrected chi connectivity index (χ0v) is 6.78. The Hall–Kier alpha value is -1.42. The van der Waals surface area contributed by atoms with E-state index in [-0.39, 0.29) is 5.28 Å². The molecule has 2 aromatic heterocycles. The average Bonchev–Trinajstić information content (AvgIpc) is 2.54. The molecule has 2 heterocycles. The first-order valence-corrected chi connectivity index (χ1v) is 3.73. The Morgan fingerprint density at radius 2 is 2.25 bits per heavy atom. The van der Waals surface area contributed by atoms with E-state index >= 15 is 0 Å². The molecule has 0 aliphatic carbocycles. The summed E-state index contributed by atoms with van der Waals surface area (Å²) in [5.41, 5.74) is 0.733. The lowest BCUT2D eigenvalue weighted by molar-refractivity contribution is 1.09. The van der Waals surface area contributed by atoms with Crippen molar-refractivity contribution in [3.05, 3.63) is 29.7 Å². The minimum Gasteiger partial charge on any atom is -0.256 e. The van der Waals surface area contributed by atoms with Crippen LogP contribution in [0.3, 0.4) is 0 Å². The van der Waals surface area contributed by atoms with Crippen LogP contribution in [-0.4, -0.2) is 20.2 Å². The van der Waals surface area contributed by atoms with Gasteiger partial charge in [-0.1, -0.05) is 6.07 Å². The molecule has 1 N–H and O–H groups in total. The van der Waals surface area contributed by atoms with Crippen molar-refractivity contribution in [1.29, 1.82) is 0 Å². The van der Waals surface area contributed by atoms with E-state index in [2.05, 4.69) is 20.2 Å². The van der Waals surface area contributed by atoms with Crippen molar-refractivity contribution < 1.29 is 0 Å². The van der Waals surface area contributed by atoms with Crippen molar-refractivity contribution in [2.45, 2.75) is 0 Å². The van der Waals surface area contributed by atoms with E-state index in [9.17, 15) is 0 Å². The van der Waals surface area contributed by atoms with Gasteiger partial charge in [-0.15, -0.1) is 5.10 Å². The van der Waals surface area contributed by atoms with Gasteiger partial charge in [0, 0.05) is 6.20 Å². The van der Waals surface area contributed by atoms with Crippen molar-refractivity contribution in [3.8, 4) is 11.5 Å². The molecule has 0 radical (unpaired) electrons. The number of hydrogen-bond acceptors (Lipinski definition) is 3. The van der Waals surface area contributed by atoms with Crippen molar-refractivity contribution in [2.75, 3.05) is 0 Å². The van der Waals surface area contributed by atoms with Gasteiger partial charge in [0.1, 0.15) is 5.69 Å². The molecule has 0 saturated carbocycles. The summed E-state index contributed by atoms with van der Waals surface area (Å²) in [7, 11) is 0. The van der Waals surface area contributed by atoms with Gasteiger partial charge in [0.05, 0.1) is 0 Å². The molecular formula is C7H5ClN4. The molecule has 60 valence electrons. The molecule has 0 saturated heterocycles. The Morgan fingerprint density at radius 1 is 1.33 bits per heavy atom. The van der Waals surface area contributed by atoms with Gasteiger partial charge in [0.2, 0.25) is 5.28 Å². The Bertz CT molecular complexity index is 370. The highest BCUT2D eigenvalue weighted by molar-refractivity contribution is 6.28. The topological polar surface area (TPSA) is 54.5 Å². The second kappa shape index (κ2) is 2.91. The Morgan fingerprint density at radius 3 is 2.83 bits per heavy atom. The second-order valence-corrected chi connectivity index (χ2v) is 2.51. The number of aromatic amines is 1. The fourth-order valence-electron chi connectivity index (χ4n) is 0.859. The van der Waals surface area contributed by atoms with E-state index < -0.39 is 0 Å². The Balaban J connectivity index is 2.45. The third-order valence-corrected chi connectivity index (χ3v) is 1.53. The zero-order valence-electron chi connectivity index (χ0n) is 6.03. The molecule has 0 spiro atoms. The lowest BCUT2D eigenvalue weighted by atomic mass is 10.3. The van der Waals surface area contributed by atoms with E-state index in [0.29, 0.717) is 5.82 Å². The van der Waals surface area contributed by atoms with Gasteiger partial charge in [-0.2, -0.15) is 4.98 Å². The minimum absolute atomic E-state index is 0.204. The average molecular weight is 181 g/mol. The highest BCUT2D eigenvalue weighted by Gasteiger charge is 2.02. The van der Waals surface area contributed by atoms with Gasteiger partial charge in [0.25, 0.3) is 0 Å². The molecule has 0 aliphatic heterocycles. The number of rotatable bonds is 1. The first-order valence-electron chi connectivity index (χ1n) is 3.35. The second-order valence-electron chi connectivity index (χ2n) is 2.17. The minimum atomic E-state index is 0.204. The molecule has 5 heteroatoms. The van der Waals surface area contributed by atoms with Crippen LogP contribution in [0.1, 0.15) is 0 Å². The number of nitrogens with zero attached hydrogens (tertiary/aromatic N) is 3. The van der Waals surface area contributed by atoms with E-state index in [1.807, 2.05) is 18.2 Å². The summed E-state index contributed by atoms with van der Waals surface area (Å²) < 4.78 is 0. The van der Waals surface area contributed by atoms with Gasteiger partial charge >= 0.3 is 0 Å². The highest BCUT2D eigenvalue weighted by Crippen LogP contribution is 2.11. The van der Waals surface area contributed by atoms with Crippen molar-refractivity contribution in [2.24, 2.45) is 0 Å². The van der Waals surface area contributed by atoms with Gasteiger partial charge in [0.15, 0.2) is 5.82 Å². The molecule has 0 unspecified atom stereocenters. The molecule has 0 aliphatic rings. The summed E-state index contributed by atoms with van der Waals surface area (Å²) in [5.74, 6) is 0.584. The summed E-state index contributed by atoms with van der Waals surface area (Å²) >= 11 is 5.53. The van der Waals surface area contributed by atoms with Gasteiger partial charge in [-0.25, -0.2) is 0 Å². The normalized spacial score (nSPS) is 10.1. The number of H-pyrrole nitrogens is 1. The summed E-state index contributed by atoms with van der Waals surface area (Å²) in [5, 5.41) is 6.55. The number of aromatic nitrogens is 4. The molecule has 2 rings (SSSR count). The number of nitrogens with one attached hydrogen (secondary N) is 1. The number of hydrogen-bond donors (Lipinski definition) is 1. The van der Waals surface area contributed by atoms with Crippen LogP contribution in [0.5, 0.6) is 0 Å². The van der Waals surface area contributed by atoms with Gasteiger partial charge in [-0.05, 0) is 23.7 Å². The van der Waals surface area contributed by atoms with E-state index in [1.54, 1.807) is 6.20 Å². The number of pyridine rings is 1. The molecule has 0 amide bonds. The van der Waals surface area contributed by atoms with Crippen LogP contribution in [-0.2, 0) is 0 Å². The molecule has 0 aromatic carbocycles. The van der Waals surface area contributed by atoms with Crippen LogP contribution >= 0.6 is 11.6 Å². The van der Waals surface area contributed by atoms with E-state index in [4.69, 9.17) is 11.6 Å². The zero-order chi connectivity index (χ0) is 8.39. The fourth-order valence-corrected chi connectivity index (χ4v) is 0.985. The van der Waals surface area contributed by atoms with Crippen molar-refractivity contribution in [1.82, 2.24) is 20.2 Å². The van der Waals surface area contributed by atoms with Gasteiger partial charge in [-0.3, -0.25) is 10.1 Å². The Kier molecular flexibility index (Phi) is 1.75. The van der Waals surface area contributed by atoms with Crippen LogP contribution in [0.2, 0.25) is 5.28 Å². The largest absolute Gasteiger partial charge is 0.256 e. The maximum Gasteiger partial charge on any atom is 0.242 e. The summed E-state index contributed by atoms with van der Waals surface area (Å²) in [6.07, 6.45) is 1.69. The van der Waals surface area contributed by atoms with Crippen molar-refractivity contribution >= 4 is 11.6 Å². The molecule has 12 heavy (non-hydrogen) atoms. The van der Waals surface area contributed by atoms with Crippen LogP contribution < -0.4 is 0 Å². The first-order chi connectivity index (χ1) is 5.86. The molecule has 0 atom stereocenters. The summed E-state index contributed by atoms with van der Waals surface area (Å²) in [4.78, 5) is 7.99. The molecular weight excluding hydrogens is 176 g/mol. The van der Waals surface area contributed by atoms with Gasteiger partial charge < -0.3 is 0 Å². The first kappa shape index (κ1) is 7.24.